The van der Waals surface area contributed by atoms with Crippen molar-refractivity contribution in [3.05, 3.63) is 46.2 Å². The van der Waals surface area contributed by atoms with E-state index >= 15 is 0 Å². The van der Waals surface area contributed by atoms with Crippen molar-refractivity contribution in [1.29, 1.82) is 0 Å². The highest BCUT2D eigenvalue weighted by Gasteiger charge is 2.15. The minimum Gasteiger partial charge on any atom is -0.497 e. The molecule has 10 heteroatoms. The lowest BCUT2D eigenvalue weighted by molar-refractivity contribution is -0.147. The number of rotatable bonds is 8. The van der Waals surface area contributed by atoms with Crippen LogP contribution in [0.5, 0.6) is 11.5 Å². The normalized spacial score (nSPS) is 9.93. The van der Waals surface area contributed by atoms with Gasteiger partial charge in [-0.25, -0.2) is 0 Å². The Labute approximate surface area is 164 Å². The molecule has 0 bridgehead atoms. The van der Waals surface area contributed by atoms with Crippen molar-refractivity contribution < 1.29 is 33.4 Å². The fraction of sp³-hybridized carbons (Fsp3) is 0.222. The van der Waals surface area contributed by atoms with Gasteiger partial charge < -0.3 is 19.5 Å². The lowest BCUT2D eigenvalue weighted by Crippen LogP contribution is -2.36. The zero-order chi connectivity index (χ0) is 20.5. The van der Waals surface area contributed by atoms with E-state index in [1.165, 1.54) is 37.7 Å². The number of esters is 1. The Kier molecular flexibility index (Phi) is 7.52. The van der Waals surface area contributed by atoms with E-state index in [1.54, 1.807) is 23.6 Å². The minimum atomic E-state index is -0.832. The Balaban J connectivity index is 1.78. The van der Waals surface area contributed by atoms with Gasteiger partial charge in [0, 0.05) is 11.6 Å². The predicted molar refractivity (Wildman–Crippen MR) is 99.6 cm³/mol. The van der Waals surface area contributed by atoms with Gasteiger partial charge in [-0.15, -0.1) is 11.3 Å². The quantitative estimate of drug-likeness (QED) is 0.628. The number of benzene rings is 1. The third-order valence-electron chi connectivity index (χ3n) is 3.37. The Hall–Kier alpha value is -3.40. The molecule has 0 aliphatic carbocycles. The summed E-state index contributed by atoms with van der Waals surface area (Å²) in [6.07, 6.45) is 0. The van der Waals surface area contributed by atoms with Gasteiger partial charge in [0.1, 0.15) is 18.0 Å². The summed E-state index contributed by atoms with van der Waals surface area (Å²) in [5, 5.41) is 6.16. The van der Waals surface area contributed by atoms with E-state index in [9.17, 15) is 19.2 Å². The molecule has 0 saturated heterocycles. The number of nitrogens with one attached hydrogen (secondary N) is 2. The number of ether oxygens (including phenoxy) is 3. The number of hydrogen-bond acceptors (Lipinski definition) is 8. The largest absolute Gasteiger partial charge is 0.497 e. The van der Waals surface area contributed by atoms with Crippen LogP contribution in [0.15, 0.2) is 35.7 Å². The van der Waals surface area contributed by atoms with E-state index in [-0.39, 0.29) is 5.56 Å². The fourth-order valence-electron chi connectivity index (χ4n) is 2.02. The third-order valence-corrected chi connectivity index (χ3v) is 4.24. The summed E-state index contributed by atoms with van der Waals surface area (Å²) in [5.41, 5.74) is 0.225. The lowest BCUT2D eigenvalue weighted by atomic mass is 10.2. The molecular weight excluding hydrogens is 388 g/mol. The highest BCUT2D eigenvalue weighted by atomic mass is 32.1. The maximum Gasteiger partial charge on any atom is 0.325 e. The zero-order valence-corrected chi connectivity index (χ0v) is 16.0. The van der Waals surface area contributed by atoms with Gasteiger partial charge in [-0.1, -0.05) is 6.07 Å². The maximum absolute atomic E-state index is 12.1. The number of amides is 3. The van der Waals surface area contributed by atoms with Crippen molar-refractivity contribution in [2.75, 3.05) is 27.4 Å². The fourth-order valence-corrected chi connectivity index (χ4v) is 2.64. The first kappa shape index (κ1) is 20.9. The van der Waals surface area contributed by atoms with Crippen LogP contribution in [-0.4, -0.2) is 51.1 Å². The van der Waals surface area contributed by atoms with E-state index in [4.69, 9.17) is 14.2 Å². The minimum absolute atomic E-state index is 0.225. The molecule has 0 spiro atoms. The molecule has 0 aliphatic rings. The van der Waals surface area contributed by atoms with Crippen LogP contribution < -0.4 is 20.1 Å². The molecule has 0 saturated carbocycles. The van der Waals surface area contributed by atoms with Crippen molar-refractivity contribution in [2.45, 2.75) is 0 Å². The summed E-state index contributed by atoms with van der Waals surface area (Å²) >= 11 is 1.17. The molecule has 1 aromatic carbocycles. The molecule has 3 amide bonds. The summed E-state index contributed by atoms with van der Waals surface area (Å²) in [6, 6.07) is 7.79. The molecule has 2 rings (SSSR count). The molecule has 148 valence electrons. The molecule has 2 N–H and O–H groups in total. The van der Waals surface area contributed by atoms with Gasteiger partial charge >= 0.3 is 5.97 Å². The summed E-state index contributed by atoms with van der Waals surface area (Å²) in [6.45, 7) is -1.09. The van der Waals surface area contributed by atoms with Crippen LogP contribution in [0.1, 0.15) is 20.0 Å². The van der Waals surface area contributed by atoms with Crippen LogP contribution >= 0.6 is 11.3 Å². The highest BCUT2D eigenvalue weighted by Crippen LogP contribution is 2.22. The second kappa shape index (κ2) is 10.1. The van der Waals surface area contributed by atoms with Gasteiger partial charge in [-0.3, -0.25) is 24.5 Å². The van der Waals surface area contributed by atoms with Crippen molar-refractivity contribution in [3.8, 4) is 11.5 Å². The first-order valence-corrected chi connectivity index (χ1v) is 8.85. The van der Waals surface area contributed by atoms with Crippen LogP contribution in [0.2, 0.25) is 0 Å². The van der Waals surface area contributed by atoms with Crippen LogP contribution in [0.25, 0.3) is 0 Å². The van der Waals surface area contributed by atoms with Gasteiger partial charge in [0.2, 0.25) is 0 Å². The average Bonchev–Trinajstić information content (AvgIpc) is 3.25. The van der Waals surface area contributed by atoms with Crippen molar-refractivity contribution in [2.24, 2.45) is 0 Å². The van der Waals surface area contributed by atoms with Crippen molar-refractivity contribution in [3.63, 3.8) is 0 Å². The SMILES string of the molecule is COc1cc(OC)cc(C(=O)NCC(=O)OCC(=O)NC(=O)c2cccs2)c1. The summed E-state index contributed by atoms with van der Waals surface area (Å²) in [7, 11) is 2.89. The molecule has 0 unspecified atom stereocenters. The summed E-state index contributed by atoms with van der Waals surface area (Å²) < 4.78 is 14.9. The molecule has 1 heterocycles. The van der Waals surface area contributed by atoms with Crippen LogP contribution in [0, 0.1) is 0 Å². The average molecular weight is 406 g/mol. The second-order valence-corrected chi connectivity index (χ2v) is 6.25. The van der Waals surface area contributed by atoms with Crippen molar-refractivity contribution >= 4 is 35.0 Å². The Bertz CT molecular complexity index is 843. The number of carbonyl (C=O) groups excluding carboxylic acids is 4. The monoisotopic (exact) mass is 406 g/mol. The standard InChI is InChI=1S/C18H18N2O7S/c1-25-12-6-11(7-13(8-12)26-2)17(23)19-9-16(22)27-10-15(21)20-18(24)14-4-3-5-28-14/h3-8H,9-10H2,1-2H3,(H,19,23)(H,20,21,24). The Morgan fingerprint density at radius 1 is 1.00 bits per heavy atom. The molecule has 0 radical (unpaired) electrons. The van der Waals surface area contributed by atoms with Crippen LogP contribution in [-0.2, 0) is 14.3 Å². The first-order valence-electron chi connectivity index (χ1n) is 7.97. The number of thiophene rings is 1. The van der Waals surface area contributed by atoms with Gasteiger partial charge in [0.15, 0.2) is 6.61 Å². The predicted octanol–water partition coefficient (Wildman–Crippen LogP) is 0.995. The third kappa shape index (κ3) is 6.09. The molecule has 0 aliphatic heterocycles. The molecule has 0 fully saturated rings. The van der Waals surface area contributed by atoms with Gasteiger partial charge in [0.05, 0.1) is 19.1 Å². The summed E-state index contributed by atoms with van der Waals surface area (Å²) in [5.74, 6) is -1.89. The number of carbonyl (C=O) groups is 4. The highest BCUT2D eigenvalue weighted by molar-refractivity contribution is 7.12. The van der Waals surface area contributed by atoms with E-state index in [2.05, 4.69) is 10.6 Å². The number of imide groups is 1. The van der Waals surface area contributed by atoms with E-state index in [0.717, 1.165) is 0 Å². The van der Waals surface area contributed by atoms with E-state index in [0.29, 0.717) is 16.4 Å². The molecule has 1 aromatic heterocycles. The van der Waals surface area contributed by atoms with Crippen LogP contribution in [0.3, 0.4) is 0 Å². The van der Waals surface area contributed by atoms with Gasteiger partial charge in [-0.2, -0.15) is 0 Å². The Morgan fingerprint density at radius 2 is 1.68 bits per heavy atom. The first-order chi connectivity index (χ1) is 13.4. The lowest BCUT2D eigenvalue weighted by Gasteiger charge is -2.09. The zero-order valence-electron chi connectivity index (χ0n) is 15.1. The van der Waals surface area contributed by atoms with Crippen LogP contribution in [0.4, 0.5) is 0 Å². The summed E-state index contributed by atoms with van der Waals surface area (Å²) in [4.78, 5) is 47.5. The second-order valence-electron chi connectivity index (χ2n) is 5.30. The molecule has 9 nitrogen and oxygen atoms in total. The Morgan fingerprint density at radius 3 is 2.25 bits per heavy atom. The molecule has 28 heavy (non-hydrogen) atoms. The molecular formula is C18H18N2O7S. The van der Waals surface area contributed by atoms with Gasteiger partial charge in [-0.05, 0) is 23.6 Å². The molecule has 2 aromatic rings. The number of methoxy groups -OCH3 is 2. The van der Waals surface area contributed by atoms with E-state index < -0.39 is 36.8 Å². The topological polar surface area (TPSA) is 120 Å². The smallest absolute Gasteiger partial charge is 0.325 e. The maximum atomic E-state index is 12.1. The molecule has 0 atom stereocenters. The number of hydrogen-bond donors (Lipinski definition) is 2. The van der Waals surface area contributed by atoms with Crippen molar-refractivity contribution in [1.82, 2.24) is 10.6 Å². The van der Waals surface area contributed by atoms with E-state index in [1.807, 2.05) is 0 Å². The van der Waals surface area contributed by atoms with Gasteiger partial charge in [0.25, 0.3) is 17.7 Å².